The first-order valence-corrected chi connectivity index (χ1v) is 13.1. The Morgan fingerprint density at radius 1 is 1.03 bits per heavy atom. The van der Waals surface area contributed by atoms with Gasteiger partial charge in [-0.2, -0.15) is 0 Å². The van der Waals surface area contributed by atoms with Gasteiger partial charge in [0.05, 0.1) is 12.4 Å². The number of Topliss-reactive ketones (excluding diaryl/α,β-unsaturated/α-hetero) is 1. The van der Waals surface area contributed by atoms with Crippen molar-refractivity contribution in [3.8, 4) is 11.1 Å². The fourth-order valence-electron chi connectivity index (χ4n) is 5.67. The van der Waals surface area contributed by atoms with E-state index in [4.69, 9.17) is 0 Å². The third-order valence-corrected chi connectivity index (χ3v) is 7.74. The smallest absolute Gasteiger partial charge is 0.298 e. The molecule has 0 saturated carbocycles. The Morgan fingerprint density at radius 2 is 1.79 bits per heavy atom. The van der Waals surface area contributed by atoms with Crippen LogP contribution >= 0.6 is 0 Å². The molecule has 4 heterocycles. The van der Waals surface area contributed by atoms with E-state index >= 15 is 0 Å². The molecule has 1 N–H and O–H groups in total. The minimum absolute atomic E-state index is 0.291. The van der Waals surface area contributed by atoms with Crippen LogP contribution in [0, 0.1) is 12.7 Å². The summed E-state index contributed by atoms with van der Waals surface area (Å²) in [4.78, 5) is 39.2. The van der Waals surface area contributed by atoms with Crippen LogP contribution in [-0.2, 0) is 18.3 Å². The Labute approximate surface area is 226 Å². The number of carbonyl (C=O) groups excluding carboxylic acids is 2. The zero-order valence-electron chi connectivity index (χ0n) is 21.9. The summed E-state index contributed by atoms with van der Waals surface area (Å²) in [5.41, 5.74) is 5.81. The van der Waals surface area contributed by atoms with E-state index in [1.54, 1.807) is 11.6 Å². The normalized spacial score (nSPS) is 16.4. The lowest BCUT2D eigenvalue weighted by atomic mass is 9.93. The van der Waals surface area contributed by atoms with Crippen LogP contribution in [0.2, 0.25) is 0 Å². The lowest BCUT2D eigenvalue weighted by molar-refractivity contribution is -0.112. The van der Waals surface area contributed by atoms with Gasteiger partial charge in [-0.1, -0.05) is 30.3 Å². The van der Waals surface area contributed by atoms with Gasteiger partial charge in [-0.05, 0) is 55.2 Å². The van der Waals surface area contributed by atoms with E-state index in [9.17, 15) is 14.0 Å². The number of piperazine rings is 1. The number of hydrogen-bond donors (Lipinski definition) is 1. The van der Waals surface area contributed by atoms with Gasteiger partial charge < -0.3 is 19.7 Å². The first-order chi connectivity index (χ1) is 18.9. The predicted octanol–water partition coefficient (Wildman–Crippen LogP) is 4.39. The molecule has 0 unspecified atom stereocenters. The zero-order chi connectivity index (χ0) is 27.1. The molecule has 8 nitrogen and oxygen atoms in total. The molecule has 9 heteroatoms. The van der Waals surface area contributed by atoms with Gasteiger partial charge in [0.2, 0.25) is 5.95 Å². The molecule has 0 radical (unpaired) electrons. The molecule has 1 amide bonds. The van der Waals surface area contributed by atoms with E-state index in [0.29, 0.717) is 23.4 Å². The second-order valence-corrected chi connectivity index (χ2v) is 10.1. The van der Waals surface area contributed by atoms with Crippen molar-refractivity contribution >= 4 is 29.0 Å². The van der Waals surface area contributed by atoms with Crippen molar-refractivity contribution in [2.75, 3.05) is 34.8 Å². The number of aromatic nitrogens is 3. The SMILES string of the molecule is Cc1cc(-c2ccccc2)c(C(=O)C(=O)Nc2ccc3c(c2)CC[C@@H]2CN(c4ncc(F)cn4)CCN32)n1C. The van der Waals surface area contributed by atoms with Crippen LogP contribution in [0.4, 0.5) is 21.7 Å². The maximum absolute atomic E-state index is 13.3. The highest BCUT2D eigenvalue weighted by molar-refractivity contribution is 6.47. The molecule has 2 aromatic heterocycles. The molecule has 6 rings (SSSR count). The van der Waals surface area contributed by atoms with Crippen LogP contribution in [0.5, 0.6) is 0 Å². The topological polar surface area (TPSA) is 83.4 Å². The molecule has 198 valence electrons. The maximum atomic E-state index is 13.3. The third-order valence-electron chi connectivity index (χ3n) is 7.74. The number of halogens is 1. The first kappa shape index (κ1) is 24.8. The molecule has 0 bridgehead atoms. The number of fused-ring (bicyclic) bond motifs is 3. The van der Waals surface area contributed by atoms with Crippen molar-refractivity contribution in [2.45, 2.75) is 25.8 Å². The van der Waals surface area contributed by atoms with E-state index in [2.05, 4.69) is 25.1 Å². The van der Waals surface area contributed by atoms with Gasteiger partial charge in [0, 0.05) is 55.4 Å². The maximum Gasteiger partial charge on any atom is 0.298 e. The molecule has 1 fully saturated rings. The van der Waals surface area contributed by atoms with Crippen LogP contribution in [0.3, 0.4) is 0 Å². The van der Waals surface area contributed by atoms with E-state index in [1.807, 2.05) is 61.5 Å². The number of benzene rings is 2. The number of rotatable bonds is 5. The minimum Gasteiger partial charge on any atom is -0.365 e. The summed E-state index contributed by atoms with van der Waals surface area (Å²) in [6.45, 7) is 4.20. The minimum atomic E-state index is -0.657. The third kappa shape index (κ3) is 4.65. The Kier molecular flexibility index (Phi) is 6.34. The number of ketones is 1. The monoisotopic (exact) mass is 524 g/mol. The summed E-state index contributed by atoms with van der Waals surface area (Å²) in [5.74, 6) is -1.12. The van der Waals surface area contributed by atoms with Crippen molar-refractivity contribution in [3.05, 3.63) is 89.8 Å². The molecule has 0 spiro atoms. The number of nitrogens with one attached hydrogen (secondary N) is 1. The van der Waals surface area contributed by atoms with Gasteiger partial charge in [0.1, 0.15) is 5.69 Å². The molecule has 4 aromatic rings. The summed E-state index contributed by atoms with van der Waals surface area (Å²) in [7, 11) is 1.81. The largest absolute Gasteiger partial charge is 0.365 e. The van der Waals surface area contributed by atoms with E-state index in [0.717, 1.165) is 60.5 Å². The summed E-state index contributed by atoms with van der Waals surface area (Å²) in [6.07, 6.45) is 4.19. The van der Waals surface area contributed by atoms with Gasteiger partial charge >= 0.3 is 0 Å². The number of hydrogen-bond acceptors (Lipinski definition) is 6. The van der Waals surface area contributed by atoms with Crippen LogP contribution in [0.1, 0.15) is 28.2 Å². The van der Waals surface area contributed by atoms with Crippen molar-refractivity contribution < 1.29 is 14.0 Å². The number of anilines is 3. The lowest BCUT2D eigenvalue weighted by Gasteiger charge is -2.46. The Morgan fingerprint density at radius 3 is 2.56 bits per heavy atom. The molecule has 1 atom stereocenters. The second kappa shape index (κ2) is 9.98. The molecular formula is C30H29FN6O2. The molecule has 39 heavy (non-hydrogen) atoms. The van der Waals surface area contributed by atoms with Gasteiger partial charge in [0.15, 0.2) is 5.82 Å². The van der Waals surface area contributed by atoms with Crippen molar-refractivity contribution in [3.63, 3.8) is 0 Å². The Bertz CT molecular complexity index is 1550. The van der Waals surface area contributed by atoms with Gasteiger partial charge in [0.25, 0.3) is 11.7 Å². The van der Waals surface area contributed by atoms with Gasteiger partial charge in [-0.15, -0.1) is 0 Å². The second-order valence-electron chi connectivity index (χ2n) is 10.1. The fraction of sp³-hybridized carbons (Fsp3) is 0.267. The number of aryl methyl sites for hydroxylation is 2. The number of nitrogens with zero attached hydrogens (tertiary/aromatic N) is 5. The molecule has 2 aromatic carbocycles. The van der Waals surface area contributed by atoms with Crippen molar-refractivity contribution in [1.29, 1.82) is 0 Å². The highest BCUT2D eigenvalue weighted by Crippen LogP contribution is 2.35. The van der Waals surface area contributed by atoms with E-state index in [1.165, 1.54) is 12.4 Å². The lowest BCUT2D eigenvalue weighted by Crippen LogP contribution is -2.55. The van der Waals surface area contributed by atoms with Crippen LogP contribution < -0.4 is 15.1 Å². The standard InChI is InChI=1S/C30H29FN6O2/c1-19-14-25(20-6-4-3-5-7-20)27(35(19)2)28(38)29(39)34-23-9-11-26-21(15-23)8-10-24-18-36(12-13-37(24)26)30-32-16-22(31)17-33-30/h3-7,9,11,14-17,24H,8,10,12-13,18H2,1-2H3,(H,34,39)/t24-/m1/s1. The van der Waals surface area contributed by atoms with E-state index < -0.39 is 17.5 Å². The molecular weight excluding hydrogens is 495 g/mol. The quantitative estimate of drug-likeness (QED) is 0.308. The Balaban J connectivity index is 1.18. The van der Waals surface area contributed by atoms with E-state index in [-0.39, 0.29) is 0 Å². The fourth-order valence-corrected chi connectivity index (χ4v) is 5.67. The first-order valence-electron chi connectivity index (χ1n) is 13.1. The zero-order valence-corrected chi connectivity index (χ0v) is 21.9. The highest BCUT2D eigenvalue weighted by Gasteiger charge is 2.33. The summed E-state index contributed by atoms with van der Waals surface area (Å²) < 4.78 is 15.0. The Hall–Kier alpha value is -4.53. The van der Waals surface area contributed by atoms with Gasteiger partial charge in [-0.25, -0.2) is 14.4 Å². The summed E-state index contributed by atoms with van der Waals surface area (Å²) in [5, 5.41) is 2.83. The predicted molar refractivity (Wildman–Crippen MR) is 149 cm³/mol. The summed E-state index contributed by atoms with van der Waals surface area (Å²) >= 11 is 0. The number of carbonyl (C=O) groups is 2. The molecule has 2 aliphatic heterocycles. The molecule has 2 aliphatic rings. The van der Waals surface area contributed by atoms with Crippen LogP contribution in [0.25, 0.3) is 11.1 Å². The average molecular weight is 525 g/mol. The average Bonchev–Trinajstić information content (AvgIpc) is 3.26. The highest BCUT2D eigenvalue weighted by atomic mass is 19.1. The van der Waals surface area contributed by atoms with Crippen LogP contribution in [-0.4, -0.2) is 51.9 Å². The van der Waals surface area contributed by atoms with Crippen LogP contribution in [0.15, 0.2) is 67.0 Å². The summed E-state index contributed by atoms with van der Waals surface area (Å²) in [6, 6.07) is 17.7. The van der Waals surface area contributed by atoms with Crippen molar-refractivity contribution in [1.82, 2.24) is 14.5 Å². The van der Waals surface area contributed by atoms with Crippen molar-refractivity contribution in [2.24, 2.45) is 7.05 Å². The molecule has 1 saturated heterocycles. The van der Waals surface area contributed by atoms with Gasteiger partial charge in [-0.3, -0.25) is 9.59 Å². The number of amides is 1. The molecule has 0 aliphatic carbocycles.